The molecule has 5 nitrogen and oxygen atoms in total. The van der Waals surface area contributed by atoms with Crippen molar-refractivity contribution in [2.75, 3.05) is 23.7 Å². The van der Waals surface area contributed by atoms with Crippen molar-refractivity contribution in [3.8, 4) is 0 Å². The Kier molecular flexibility index (Phi) is 3.96. The standard InChI is InChI=1S/C16H17N3O2S/c1-18-11-12-10-13(8-9-15(12)17-16(18)20)19(2)22(21)14-6-4-3-5-7-14/h3-10H,11H2,1-2H3,(H,17,20)/t22-/m0/s1. The number of fused-ring (bicyclic) bond motifs is 1. The van der Waals surface area contributed by atoms with Crippen LogP contribution in [0.5, 0.6) is 0 Å². The maximum absolute atomic E-state index is 12.6. The number of hydrogen-bond donors (Lipinski definition) is 1. The van der Waals surface area contributed by atoms with Gasteiger partial charge in [0, 0.05) is 19.3 Å². The Morgan fingerprint density at radius 1 is 1.23 bits per heavy atom. The number of carbonyl (C=O) groups is 1. The van der Waals surface area contributed by atoms with E-state index in [0.717, 1.165) is 21.8 Å². The van der Waals surface area contributed by atoms with Crippen molar-refractivity contribution in [2.45, 2.75) is 11.4 Å². The third-order valence-corrected chi connectivity index (χ3v) is 5.03. The summed E-state index contributed by atoms with van der Waals surface area (Å²) in [5, 5.41) is 2.83. The first-order valence-corrected chi connectivity index (χ1v) is 8.02. The van der Waals surface area contributed by atoms with Gasteiger partial charge >= 0.3 is 6.03 Å². The number of urea groups is 1. The van der Waals surface area contributed by atoms with Gasteiger partial charge in [0.1, 0.15) is 11.4 Å². The van der Waals surface area contributed by atoms with Crippen LogP contribution in [0.15, 0.2) is 53.4 Å². The molecule has 1 N–H and O–H groups in total. The first-order chi connectivity index (χ1) is 10.6. The Balaban J connectivity index is 1.86. The summed E-state index contributed by atoms with van der Waals surface area (Å²) in [5.74, 6) is 0. The normalized spacial score (nSPS) is 15.0. The van der Waals surface area contributed by atoms with Crippen LogP contribution in [0.3, 0.4) is 0 Å². The lowest BCUT2D eigenvalue weighted by molar-refractivity contribution is 0.218. The van der Waals surface area contributed by atoms with Crippen LogP contribution in [0.25, 0.3) is 0 Å². The second-order valence-electron chi connectivity index (χ2n) is 5.19. The second kappa shape index (κ2) is 5.90. The van der Waals surface area contributed by atoms with E-state index in [0.29, 0.717) is 6.54 Å². The molecule has 0 aliphatic carbocycles. The van der Waals surface area contributed by atoms with Gasteiger partial charge in [-0.3, -0.25) is 0 Å². The molecule has 1 heterocycles. The lowest BCUT2D eigenvalue weighted by Crippen LogP contribution is -2.35. The van der Waals surface area contributed by atoms with Gasteiger partial charge in [-0.05, 0) is 35.9 Å². The molecular formula is C16H17N3O2S. The van der Waals surface area contributed by atoms with Crippen molar-refractivity contribution < 1.29 is 9.35 Å². The van der Waals surface area contributed by atoms with Gasteiger partial charge in [0.05, 0.1) is 12.7 Å². The Bertz CT molecular complexity index is 693. The molecule has 0 spiro atoms. The summed E-state index contributed by atoms with van der Waals surface area (Å²) >= 11 is -1.26. The van der Waals surface area contributed by atoms with E-state index in [1.807, 2.05) is 48.5 Å². The van der Waals surface area contributed by atoms with Gasteiger partial charge in [-0.25, -0.2) is 4.79 Å². The summed E-state index contributed by atoms with van der Waals surface area (Å²) in [6.07, 6.45) is 0. The first kappa shape index (κ1) is 14.7. The van der Waals surface area contributed by atoms with Crippen molar-refractivity contribution >= 4 is 28.8 Å². The minimum absolute atomic E-state index is 0.110. The van der Waals surface area contributed by atoms with Gasteiger partial charge in [0.25, 0.3) is 0 Å². The van der Waals surface area contributed by atoms with Gasteiger partial charge in [-0.2, -0.15) is 4.31 Å². The average Bonchev–Trinajstić information content (AvgIpc) is 2.55. The van der Waals surface area contributed by atoms with Gasteiger partial charge in [0.15, 0.2) is 4.90 Å². The lowest BCUT2D eigenvalue weighted by atomic mass is 10.1. The van der Waals surface area contributed by atoms with E-state index in [2.05, 4.69) is 5.32 Å². The number of amides is 2. The molecule has 0 unspecified atom stereocenters. The molecule has 22 heavy (non-hydrogen) atoms. The highest BCUT2D eigenvalue weighted by molar-refractivity contribution is 7.92. The van der Waals surface area contributed by atoms with E-state index in [-0.39, 0.29) is 6.03 Å². The molecule has 0 aromatic heterocycles. The van der Waals surface area contributed by atoms with Crippen LogP contribution in [0.4, 0.5) is 16.2 Å². The highest BCUT2D eigenvalue weighted by Crippen LogP contribution is 2.29. The zero-order valence-electron chi connectivity index (χ0n) is 12.4. The highest BCUT2D eigenvalue weighted by atomic mass is 32.2. The largest absolute Gasteiger partial charge is 0.588 e. The second-order valence-corrected chi connectivity index (χ2v) is 6.70. The highest BCUT2D eigenvalue weighted by Gasteiger charge is 2.23. The quantitative estimate of drug-likeness (QED) is 0.886. The maximum Gasteiger partial charge on any atom is 0.321 e. The third kappa shape index (κ3) is 2.75. The molecule has 2 aromatic carbocycles. The summed E-state index contributed by atoms with van der Waals surface area (Å²) in [6.45, 7) is 0.542. The number of nitrogens with zero attached hydrogens (tertiary/aromatic N) is 2. The smallest absolute Gasteiger partial charge is 0.321 e. The fraction of sp³-hybridized carbons (Fsp3) is 0.188. The molecule has 0 fully saturated rings. The van der Waals surface area contributed by atoms with E-state index in [1.165, 1.54) is 0 Å². The molecule has 0 saturated heterocycles. The number of hydrogen-bond acceptors (Lipinski definition) is 3. The minimum Gasteiger partial charge on any atom is -0.588 e. The van der Waals surface area contributed by atoms with E-state index in [9.17, 15) is 9.35 Å². The maximum atomic E-state index is 12.6. The van der Waals surface area contributed by atoms with Crippen LogP contribution in [0.1, 0.15) is 5.56 Å². The molecule has 0 bridgehead atoms. The van der Waals surface area contributed by atoms with Crippen LogP contribution < -0.4 is 9.62 Å². The molecule has 6 heteroatoms. The van der Waals surface area contributed by atoms with Crippen molar-refractivity contribution in [3.05, 3.63) is 54.1 Å². The van der Waals surface area contributed by atoms with Crippen molar-refractivity contribution in [2.24, 2.45) is 0 Å². The van der Waals surface area contributed by atoms with Gasteiger partial charge in [-0.15, -0.1) is 0 Å². The Morgan fingerprint density at radius 3 is 2.68 bits per heavy atom. The molecule has 1 atom stereocenters. The number of benzene rings is 2. The van der Waals surface area contributed by atoms with Gasteiger partial charge < -0.3 is 14.8 Å². The lowest BCUT2D eigenvalue weighted by Gasteiger charge is -2.28. The fourth-order valence-electron chi connectivity index (χ4n) is 2.36. The van der Waals surface area contributed by atoms with E-state index < -0.39 is 11.4 Å². The van der Waals surface area contributed by atoms with Crippen molar-refractivity contribution in [1.82, 2.24) is 4.90 Å². The molecule has 114 valence electrons. The zero-order valence-corrected chi connectivity index (χ0v) is 13.3. The Morgan fingerprint density at radius 2 is 1.95 bits per heavy atom. The fourth-order valence-corrected chi connectivity index (χ4v) is 3.37. The number of anilines is 2. The van der Waals surface area contributed by atoms with Crippen LogP contribution in [-0.2, 0) is 17.9 Å². The first-order valence-electron chi connectivity index (χ1n) is 6.92. The molecule has 0 radical (unpaired) electrons. The molecule has 0 saturated carbocycles. The SMILES string of the molecule is CN1Cc2cc(N(C)[S@@+]([O-])c3ccccc3)ccc2NC1=O. The van der Waals surface area contributed by atoms with Crippen LogP contribution in [0.2, 0.25) is 0 Å². The van der Waals surface area contributed by atoms with Crippen molar-refractivity contribution in [1.29, 1.82) is 0 Å². The molecule has 2 amide bonds. The molecule has 1 aliphatic heterocycles. The topological polar surface area (TPSA) is 58.6 Å². The van der Waals surface area contributed by atoms with E-state index >= 15 is 0 Å². The van der Waals surface area contributed by atoms with E-state index in [1.54, 1.807) is 23.3 Å². The molecule has 2 aromatic rings. The van der Waals surface area contributed by atoms with Crippen LogP contribution in [0, 0.1) is 0 Å². The average molecular weight is 315 g/mol. The Hall–Kier alpha value is -2.18. The van der Waals surface area contributed by atoms with Crippen LogP contribution >= 0.6 is 0 Å². The summed E-state index contributed by atoms with van der Waals surface area (Å²) < 4.78 is 14.3. The van der Waals surface area contributed by atoms with Crippen molar-refractivity contribution in [3.63, 3.8) is 0 Å². The molecular weight excluding hydrogens is 298 g/mol. The number of rotatable bonds is 3. The van der Waals surface area contributed by atoms with Gasteiger partial charge in [-0.1, -0.05) is 18.2 Å². The summed E-state index contributed by atoms with van der Waals surface area (Å²) in [6, 6.07) is 14.9. The number of carbonyl (C=O) groups excluding carboxylic acids is 1. The van der Waals surface area contributed by atoms with Gasteiger partial charge in [0.2, 0.25) is 0 Å². The number of nitrogens with one attached hydrogen (secondary N) is 1. The predicted molar refractivity (Wildman–Crippen MR) is 88.2 cm³/mol. The summed E-state index contributed by atoms with van der Waals surface area (Å²) in [5.41, 5.74) is 2.67. The predicted octanol–water partition coefficient (Wildman–Crippen LogP) is 2.82. The summed E-state index contributed by atoms with van der Waals surface area (Å²) in [7, 11) is 3.55. The minimum atomic E-state index is -1.26. The third-order valence-electron chi connectivity index (χ3n) is 3.64. The summed E-state index contributed by atoms with van der Waals surface area (Å²) in [4.78, 5) is 14.0. The van der Waals surface area contributed by atoms with Crippen LogP contribution in [-0.4, -0.2) is 29.6 Å². The zero-order chi connectivity index (χ0) is 15.7. The molecule has 3 rings (SSSR count). The van der Waals surface area contributed by atoms with E-state index in [4.69, 9.17) is 0 Å². The monoisotopic (exact) mass is 315 g/mol. The molecule has 1 aliphatic rings. The Labute approximate surface area is 132 Å².